The molecular weight excluding hydrogens is 595 g/mol. The van der Waals surface area contributed by atoms with Crippen LogP contribution in [0.2, 0.25) is 0 Å². The average molecular weight is 655 g/mol. The van der Waals surface area contributed by atoms with Gasteiger partial charge in [-0.15, -0.1) is 0 Å². The Balaban J connectivity index is 1.21. The van der Waals surface area contributed by atoms with Crippen molar-refractivity contribution in [2.24, 2.45) is 28.6 Å². The minimum absolute atomic E-state index is 0.0954. The van der Waals surface area contributed by atoms with Gasteiger partial charge >= 0.3 is 5.97 Å². The molecule has 0 aromatic carbocycles. The molecule has 0 aromatic heterocycles. The molecule has 4 aliphatic carbocycles. The highest BCUT2D eigenvalue weighted by Crippen LogP contribution is 2.70. The highest BCUT2D eigenvalue weighted by molar-refractivity contribution is 6.01. The predicted octanol–water partition coefficient (Wildman–Crippen LogP) is 8.26. The van der Waals surface area contributed by atoms with Gasteiger partial charge in [-0.2, -0.15) is 0 Å². The number of ether oxygens (including phenoxy) is 1. The summed E-state index contributed by atoms with van der Waals surface area (Å²) in [5.41, 5.74) is -5.40. The Morgan fingerprint density at radius 2 is 1.66 bits per heavy atom. The van der Waals surface area contributed by atoms with Crippen LogP contribution in [-0.2, 0) is 19.1 Å². The minimum atomic E-state index is -2.03. The van der Waals surface area contributed by atoms with E-state index in [4.69, 9.17) is 4.74 Å². The fraction of sp³-hybridized carbons (Fsp3) is 0.725. The second kappa shape index (κ2) is 15.9. The summed E-state index contributed by atoms with van der Waals surface area (Å²) < 4.78 is 22.7. The molecule has 0 aromatic rings. The van der Waals surface area contributed by atoms with Crippen molar-refractivity contribution in [2.45, 2.75) is 148 Å². The molecule has 4 rings (SSSR count). The number of hydrogen-bond donors (Lipinski definition) is 2. The molecule has 0 aliphatic heterocycles. The second-order valence-corrected chi connectivity index (χ2v) is 15.2. The molecule has 0 bridgehead atoms. The van der Waals surface area contributed by atoms with Crippen molar-refractivity contribution >= 4 is 17.5 Å². The Labute approximate surface area is 282 Å². The van der Waals surface area contributed by atoms with Crippen LogP contribution in [0.4, 0.5) is 4.39 Å². The molecule has 4 aliphatic rings. The fourth-order valence-corrected chi connectivity index (χ4v) is 9.55. The minimum Gasteiger partial charge on any atom is -0.458 e. The Morgan fingerprint density at radius 3 is 2.36 bits per heavy atom. The van der Waals surface area contributed by atoms with Crippen LogP contribution in [0.25, 0.3) is 0 Å². The standard InChI is InChI=1S/C40H59FO6/c1-5-6-7-8-9-10-11-12-13-14-15-16-17-18-19-20-36(45)47-28-35(44)40(46)29(2)25-33-32-22-21-30-26-31(42)23-24-37(30,3)39(32,41)34(43)27-38(33,40)4/h9-10,12-13,23-24,26,29,32-34,43,46H,5-8,11,14-22,25,27-28H2,1-4H3/t29?,32?,33?,34?,37-,38-,39-,40-/m0/s1. The van der Waals surface area contributed by atoms with Crippen LogP contribution >= 0.6 is 0 Å². The Bertz CT molecular complexity index is 1250. The quantitative estimate of drug-likeness (QED) is 0.0931. The molecule has 0 saturated heterocycles. The number of unbranched alkanes of at least 4 members (excludes halogenated alkanes) is 8. The van der Waals surface area contributed by atoms with E-state index in [2.05, 4.69) is 31.2 Å². The maximum absolute atomic E-state index is 17.3. The number of Topliss-reactive ketones (excluding diaryl/α,β-unsaturated/α-hetero) is 1. The van der Waals surface area contributed by atoms with Crippen LogP contribution in [0.5, 0.6) is 0 Å². The van der Waals surface area contributed by atoms with E-state index in [1.165, 1.54) is 37.8 Å². The van der Waals surface area contributed by atoms with Crippen LogP contribution in [-0.4, -0.2) is 51.7 Å². The van der Waals surface area contributed by atoms with Gasteiger partial charge in [0.15, 0.2) is 18.1 Å². The maximum Gasteiger partial charge on any atom is 0.306 e. The Kier molecular flexibility index (Phi) is 12.7. The van der Waals surface area contributed by atoms with Crippen molar-refractivity contribution in [3.8, 4) is 0 Å². The molecule has 0 spiro atoms. The number of ketones is 2. The van der Waals surface area contributed by atoms with E-state index in [1.54, 1.807) is 26.8 Å². The van der Waals surface area contributed by atoms with Gasteiger partial charge < -0.3 is 14.9 Å². The molecule has 7 heteroatoms. The number of rotatable bonds is 17. The van der Waals surface area contributed by atoms with Gasteiger partial charge in [-0.25, -0.2) is 4.39 Å². The molecule has 0 heterocycles. The van der Waals surface area contributed by atoms with E-state index in [1.807, 2.05) is 0 Å². The number of fused-ring (bicyclic) bond motifs is 5. The zero-order valence-electron chi connectivity index (χ0n) is 29.3. The summed E-state index contributed by atoms with van der Waals surface area (Å²) in [4.78, 5) is 38.3. The van der Waals surface area contributed by atoms with E-state index in [0.717, 1.165) is 38.5 Å². The molecule has 0 amide bonds. The lowest BCUT2D eigenvalue weighted by atomic mass is 9.44. The van der Waals surface area contributed by atoms with Crippen LogP contribution in [0.3, 0.4) is 0 Å². The molecule has 4 unspecified atom stereocenters. The number of aliphatic hydroxyl groups excluding tert-OH is 1. The lowest BCUT2D eigenvalue weighted by Crippen LogP contribution is -2.69. The van der Waals surface area contributed by atoms with Crippen LogP contribution in [0.15, 0.2) is 48.1 Å². The van der Waals surface area contributed by atoms with Crippen LogP contribution in [0.1, 0.15) is 130 Å². The summed E-state index contributed by atoms with van der Waals surface area (Å²) in [6.07, 6.45) is 25.5. The first-order valence-corrected chi connectivity index (χ1v) is 18.4. The number of esters is 1. The SMILES string of the molecule is CCCCCC=CCC=CCCCCCCCC(=O)OCC(=O)[C@@]1(O)C(C)CC2C3CCC4=CC(=O)C=C[C@]4(C)[C@@]3(F)C(O)C[C@@]21C. The second-order valence-electron chi connectivity index (χ2n) is 15.2. The van der Waals surface area contributed by atoms with E-state index in [-0.39, 0.29) is 24.5 Å². The van der Waals surface area contributed by atoms with Gasteiger partial charge in [0.25, 0.3) is 0 Å². The van der Waals surface area contributed by atoms with Crippen molar-refractivity contribution in [2.75, 3.05) is 6.61 Å². The molecule has 47 heavy (non-hydrogen) atoms. The van der Waals surface area contributed by atoms with Crippen LogP contribution in [0, 0.1) is 28.6 Å². The van der Waals surface area contributed by atoms with E-state index in [0.29, 0.717) is 31.3 Å². The first-order chi connectivity index (χ1) is 22.4. The highest BCUT2D eigenvalue weighted by Gasteiger charge is 2.75. The summed E-state index contributed by atoms with van der Waals surface area (Å²) in [6, 6.07) is 0. The summed E-state index contributed by atoms with van der Waals surface area (Å²) >= 11 is 0. The lowest BCUT2D eigenvalue weighted by molar-refractivity contribution is -0.220. The number of halogens is 1. The van der Waals surface area contributed by atoms with E-state index in [9.17, 15) is 24.6 Å². The van der Waals surface area contributed by atoms with Gasteiger partial charge in [-0.3, -0.25) is 14.4 Å². The summed E-state index contributed by atoms with van der Waals surface area (Å²) in [7, 11) is 0. The maximum atomic E-state index is 17.3. The summed E-state index contributed by atoms with van der Waals surface area (Å²) in [5.74, 6) is -2.64. The van der Waals surface area contributed by atoms with Crippen molar-refractivity contribution in [3.63, 3.8) is 0 Å². The van der Waals surface area contributed by atoms with E-state index < -0.39 is 58.4 Å². The molecule has 8 atom stereocenters. The first kappa shape index (κ1) is 37.4. The van der Waals surface area contributed by atoms with Gasteiger partial charge in [-0.05, 0) is 95.1 Å². The summed E-state index contributed by atoms with van der Waals surface area (Å²) in [6.45, 7) is 7.03. The van der Waals surface area contributed by atoms with Gasteiger partial charge in [0, 0.05) is 23.2 Å². The highest BCUT2D eigenvalue weighted by atomic mass is 19.1. The van der Waals surface area contributed by atoms with Crippen molar-refractivity contribution in [1.29, 1.82) is 0 Å². The number of allylic oxidation sites excluding steroid dienone is 8. The van der Waals surface area contributed by atoms with Gasteiger partial charge in [0.05, 0.1) is 6.10 Å². The number of carbonyl (C=O) groups is 3. The summed E-state index contributed by atoms with van der Waals surface area (Å²) in [5, 5.41) is 23.6. The fourth-order valence-electron chi connectivity index (χ4n) is 9.55. The van der Waals surface area contributed by atoms with Gasteiger partial charge in [0.1, 0.15) is 5.60 Å². The molecule has 262 valence electrons. The molecular formula is C40H59FO6. The van der Waals surface area contributed by atoms with Crippen molar-refractivity contribution in [3.05, 3.63) is 48.1 Å². The Morgan fingerprint density at radius 1 is 1.00 bits per heavy atom. The molecule has 3 fully saturated rings. The topological polar surface area (TPSA) is 101 Å². The van der Waals surface area contributed by atoms with Crippen LogP contribution < -0.4 is 0 Å². The molecule has 6 nitrogen and oxygen atoms in total. The van der Waals surface area contributed by atoms with E-state index >= 15 is 4.39 Å². The monoisotopic (exact) mass is 654 g/mol. The number of aliphatic hydroxyl groups is 2. The smallest absolute Gasteiger partial charge is 0.306 e. The normalized spacial score (nSPS) is 36.3. The third-order valence-corrected chi connectivity index (χ3v) is 12.3. The number of hydrogen-bond acceptors (Lipinski definition) is 6. The molecule has 2 N–H and O–H groups in total. The largest absolute Gasteiger partial charge is 0.458 e. The van der Waals surface area contributed by atoms with Gasteiger partial charge in [-0.1, -0.05) is 88.8 Å². The number of alkyl halides is 1. The zero-order valence-corrected chi connectivity index (χ0v) is 29.3. The molecule has 3 saturated carbocycles. The average Bonchev–Trinajstić information content (AvgIpc) is 3.24. The molecule has 0 radical (unpaired) electrons. The van der Waals surface area contributed by atoms with Crippen molar-refractivity contribution in [1.82, 2.24) is 0 Å². The third kappa shape index (κ3) is 7.32. The number of carbonyl (C=O) groups excluding carboxylic acids is 3. The first-order valence-electron chi connectivity index (χ1n) is 18.4. The van der Waals surface area contributed by atoms with Gasteiger partial charge in [0.2, 0.25) is 5.78 Å². The predicted molar refractivity (Wildman–Crippen MR) is 183 cm³/mol. The zero-order chi connectivity index (χ0) is 34.3. The Hall–Kier alpha value is -2.38. The van der Waals surface area contributed by atoms with Crippen molar-refractivity contribution < 1.29 is 33.7 Å². The lowest BCUT2D eigenvalue weighted by Gasteiger charge is -2.62. The third-order valence-electron chi connectivity index (χ3n) is 12.3.